The number of rotatable bonds is 9. The van der Waals surface area contributed by atoms with Crippen molar-refractivity contribution in [3.8, 4) is 11.5 Å². The number of thioether (sulfide) groups is 1. The minimum atomic E-state index is -0.473. The number of methoxy groups -OCH3 is 1. The molecule has 30 heavy (non-hydrogen) atoms. The molecule has 0 aliphatic rings. The molecule has 0 saturated heterocycles. The van der Waals surface area contributed by atoms with Gasteiger partial charge in [-0.05, 0) is 50.2 Å². The van der Waals surface area contributed by atoms with Crippen LogP contribution in [0.15, 0.2) is 53.7 Å². The lowest BCUT2D eigenvalue weighted by Crippen LogP contribution is -2.16. The fourth-order valence-electron chi connectivity index (χ4n) is 2.79. The molecule has 0 fully saturated rings. The summed E-state index contributed by atoms with van der Waals surface area (Å²) in [5.41, 5.74) is 0.155. The number of anilines is 1. The Morgan fingerprint density at radius 1 is 1.17 bits per heavy atom. The normalized spacial score (nSPS) is 11.7. The Kier molecular flexibility index (Phi) is 7.29. The van der Waals surface area contributed by atoms with Crippen molar-refractivity contribution in [3.05, 3.63) is 60.2 Å². The van der Waals surface area contributed by atoms with Crippen molar-refractivity contribution >= 4 is 23.4 Å². The summed E-state index contributed by atoms with van der Waals surface area (Å²) < 4.78 is 26.7. The number of hydrogen-bond acceptors (Lipinski definition) is 6. The van der Waals surface area contributed by atoms with Gasteiger partial charge in [0.25, 0.3) is 0 Å². The standard InChI is InChI=1S/C21H23FN4O3S/c1-4-26-20(14(2)29-16-11-9-15(28-3)10-12-16)24-25-21(26)30-13-19(27)23-18-8-6-5-7-17(18)22/h5-12,14H,4,13H2,1-3H3,(H,23,27). The average Bonchev–Trinajstić information content (AvgIpc) is 3.17. The summed E-state index contributed by atoms with van der Waals surface area (Å²) in [5, 5.41) is 11.6. The number of benzene rings is 2. The molecule has 0 aliphatic carbocycles. The van der Waals surface area contributed by atoms with Crippen LogP contribution in [-0.4, -0.2) is 33.5 Å². The molecule has 7 nitrogen and oxygen atoms in total. The van der Waals surface area contributed by atoms with Crippen molar-refractivity contribution in [2.75, 3.05) is 18.2 Å². The Balaban J connectivity index is 1.62. The van der Waals surface area contributed by atoms with E-state index in [0.29, 0.717) is 23.3 Å². The number of aromatic nitrogens is 3. The fourth-order valence-corrected chi connectivity index (χ4v) is 3.60. The van der Waals surface area contributed by atoms with E-state index in [1.807, 2.05) is 42.7 Å². The van der Waals surface area contributed by atoms with E-state index < -0.39 is 5.82 Å². The molecule has 1 heterocycles. The van der Waals surface area contributed by atoms with Crippen LogP contribution in [0.2, 0.25) is 0 Å². The first kappa shape index (κ1) is 21.6. The van der Waals surface area contributed by atoms with Gasteiger partial charge in [-0.15, -0.1) is 10.2 Å². The first-order valence-corrected chi connectivity index (χ1v) is 10.4. The van der Waals surface area contributed by atoms with Crippen LogP contribution in [0.25, 0.3) is 0 Å². The van der Waals surface area contributed by atoms with Gasteiger partial charge in [0.05, 0.1) is 18.6 Å². The van der Waals surface area contributed by atoms with Crippen LogP contribution in [0.4, 0.5) is 10.1 Å². The van der Waals surface area contributed by atoms with Crippen LogP contribution in [-0.2, 0) is 11.3 Å². The Hall–Kier alpha value is -3.07. The zero-order valence-electron chi connectivity index (χ0n) is 17.0. The van der Waals surface area contributed by atoms with Gasteiger partial charge in [-0.2, -0.15) is 0 Å². The zero-order valence-corrected chi connectivity index (χ0v) is 17.8. The number of para-hydroxylation sites is 1. The van der Waals surface area contributed by atoms with Crippen molar-refractivity contribution in [2.45, 2.75) is 31.7 Å². The van der Waals surface area contributed by atoms with Gasteiger partial charge >= 0.3 is 0 Å². The van der Waals surface area contributed by atoms with Crippen molar-refractivity contribution in [3.63, 3.8) is 0 Å². The second-order valence-corrected chi connectivity index (χ2v) is 7.28. The number of carbonyl (C=O) groups excluding carboxylic acids is 1. The predicted molar refractivity (Wildman–Crippen MR) is 113 cm³/mol. The molecule has 0 bridgehead atoms. The highest BCUT2D eigenvalue weighted by Gasteiger charge is 2.19. The van der Waals surface area contributed by atoms with Crippen LogP contribution in [0.1, 0.15) is 25.8 Å². The summed E-state index contributed by atoms with van der Waals surface area (Å²) in [6, 6.07) is 13.3. The van der Waals surface area contributed by atoms with Crippen LogP contribution in [0.3, 0.4) is 0 Å². The maximum atomic E-state index is 13.7. The maximum absolute atomic E-state index is 13.7. The van der Waals surface area contributed by atoms with E-state index in [9.17, 15) is 9.18 Å². The highest BCUT2D eigenvalue weighted by molar-refractivity contribution is 7.99. The third-order valence-corrected chi connectivity index (χ3v) is 5.24. The first-order valence-electron chi connectivity index (χ1n) is 9.42. The number of carbonyl (C=O) groups is 1. The third-order valence-electron chi connectivity index (χ3n) is 4.28. The molecular weight excluding hydrogens is 407 g/mol. The van der Waals surface area contributed by atoms with Gasteiger partial charge in [0.2, 0.25) is 5.91 Å². The second kappa shape index (κ2) is 10.1. The Labute approximate surface area is 178 Å². The van der Waals surface area contributed by atoms with E-state index in [4.69, 9.17) is 9.47 Å². The summed E-state index contributed by atoms with van der Waals surface area (Å²) in [6.45, 7) is 4.48. The SMILES string of the molecule is CCn1c(SCC(=O)Nc2ccccc2F)nnc1C(C)Oc1ccc(OC)cc1. The minimum absolute atomic E-state index is 0.0835. The molecule has 3 aromatic rings. The molecule has 1 atom stereocenters. The van der Waals surface area contributed by atoms with Gasteiger partial charge in [0, 0.05) is 6.54 Å². The van der Waals surface area contributed by atoms with Crippen LogP contribution in [0, 0.1) is 5.82 Å². The topological polar surface area (TPSA) is 78.3 Å². The van der Waals surface area contributed by atoms with Gasteiger partial charge in [-0.25, -0.2) is 4.39 Å². The maximum Gasteiger partial charge on any atom is 0.234 e. The molecule has 0 spiro atoms. The lowest BCUT2D eigenvalue weighted by molar-refractivity contribution is -0.113. The summed E-state index contributed by atoms with van der Waals surface area (Å²) >= 11 is 1.24. The largest absolute Gasteiger partial charge is 0.497 e. The molecule has 1 amide bonds. The van der Waals surface area contributed by atoms with Crippen LogP contribution >= 0.6 is 11.8 Å². The highest BCUT2D eigenvalue weighted by Crippen LogP contribution is 2.26. The van der Waals surface area contributed by atoms with Gasteiger partial charge in [0.1, 0.15) is 17.3 Å². The van der Waals surface area contributed by atoms with Crippen LogP contribution < -0.4 is 14.8 Å². The third kappa shape index (κ3) is 5.29. The van der Waals surface area contributed by atoms with Gasteiger partial charge < -0.3 is 19.4 Å². The van der Waals surface area contributed by atoms with Crippen molar-refractivity contribution in [2.24, 2.45) is 0 Å². The van der Waals surface area contributed by atoms with Gasteiger partial charge in [0.15, 0.2) is 17.1 Å². The van der Waals surface area contributed by atoms with Crippen molar-refractivity contribution in [1.82, 2.24) is 14.8 Å². The molecule has 1 unspecified atom stereocenters. The van der Waals surface area contributed by atoms with Gasteiger partial charge in [-0.1, -0.05) is 23.9 Å². The monoisotopic (exact) mass is 430 g/mol. The molecule has 0 aliphatic heterocycles. The zero-order chi connectivity index (χ0) is 21.5. The quantitative estimate of drug-likeness (QED) is 0.510. The number of ether oxygens (including phenoxy) is 2. The number of nitrogens with zero attached hydrogens (tertiary/aromatic N) is 3. The predicted octanol–water partition coefficient (Wildman–Crippen LogP) is 4.32. The van der Waals surface area contributed by atoms with Crippen molar-refractivity contribution < 1.29 is 18.7 Å². The minimum Gasteiger partial charge on any atom is -0.497 e. The summed E-state index contributed by atoms with van der Waals surface area (Å²) in [4.78, 5) is 12.2. The second-order valence-electron chi connectivity index (χ2n) is 6.34. The summed E-state index contributed by atoms with van der Waals surface area (Å²) in [5.74, 6) is 1.39. The van der Waals surface area contributed by atoms with E-state index in [2.05, 4.69) is 15.5 Å². The highest BCUT2D eigenvalue weighted by atomic mass is 32.2. The first-order chi connectivity index (χ1) is 14.5. The lowest BCUT2D eigenvalue weighted by Gasteiger charge is -2.15. The number of hydrogen-bond donors (Lipinski definition) is 1. The number of halogens is 1. The van der Waals surface area contributed by atoms with Crippen molar-refractivity contribution in [1.29, 1.82) is 0 Å². The molecular formula is C21H23FN4O3S. The van der Waals surface area contributed by atoms with E-state index >= 15 is 0 Å². The van der Waals surface area contributed by atoms with Crippen LogP contribution in [0.5, 0.6) is 11.5 Å². The molecule has 0 radical (unpaired) electrons. The molecule has 0 saturated carbocycles. The van der Waals surface area contributed by atoms with E-state index in [1.54, 1.807) is 19.2 Å². The fraction of sp³-hybridized carbons (Fsp3) is 0.286. The lowest BCUT2D eigenvalue weighted by atomic mass is 10.3. The smallest absolute Gasteiger partial charge is 0.234 e. The van der Waals surface area contributed by atoms with E-state index in [0.717, 1.165) is 5.75 Å². The Bertz CT molecular complexity index is 994. The molecule has 9 heteroatoms. The van der Waals surface area contributed by atoms with E-state index in [1.165, 1.54) is 23.9 Å². The number of amides is 1. The molecule has 1 N–H and O–H groups in total. The Morgan fingerprint density at radius 3 is 2.53 bits per heavy atom. The molecule has 1 aromatic heterocycles. The molecule has 3 rings (SSSR count). The Morgan fingerprint density at radius 2 is 1.87 bits per heavy atom. The van der Waals surface area contributed by atoms with E-state index in [-0.39, 0.29) is 23.5 Å². The summed E-state index contributed by atoms with van der Waals surface area (Å²) in [6.07, 6.45) is -0.340. The summed E-state index contributed by atoms with van der Waals surface area (Å²) in [7, 11) is 1.61. The van der Waals surface area contributed by atoms with Gasteiger partial charge in [-0.3, -0.25) is 4.79 Å². The molecule has 2 aromatic carbocycles. The molecule has 158 valence electrons. The average molecular weight is 431 g/mol. The number of nitrogens with one attached hydrogen (secondary N) is 1.